The predicted molar refractivity (Wildman–Crippen MR) is 49.0 cm³/mol. The van der Waals surface area contributed by atoms with Gasteiger partial charge in [0.15, 0.2) is 0 Å². The Morgan fingerprint density at radius 3 is 2.27 bits per heavy atom. The minimum Gasteiger partial charge on any atom is -0.305 e. The van der Waals surface area contributed by atoms with Gasteiger partial charge < -0.3 is 4.85 Å². The molecule has 0 spiro atoms. The van der Waals surface area contributed by atoms with Crippen molar-refractivity contribution < 1.29 is 13.2 Å². The summed E-state index contributed by atoms with van der Waals surface area (Å²) in [5.74, 6) is 0. The van der Waals surface area contributed by atoms with Crippen LogP contribution in [0, 0.1) is 6.57 Å². The van der Waals surface area contributed by atoms with Crippen molar-refractivity contribution in [2.24, 2.45) is 0 Å². The van der Waals surface area contributed by atoms with Gasteiger partial charge in [0.05, 0.1) is 5.56 Å². The number of alkyl halides is 3. The summed E-state index contributed by atoms with van der Waals surface area (Å²) in [6.45, 7) is 6.96. The van der Waals surface area contributed by atoms with Crippen molar-refractivity contribution in [3.05, 3.63) is 46.8 Å². The third-order valence-electron chi connectivity index (χ3n) is 2.67. The number of nitrogens with zero attached hydrogens (tertiary/aromatic N) is 1. The van der Waals surface area contributed by atoms with Crippen molar-refractivity contribution >= 4 is 0 Å². The molecule has 0 bridgehead atoms. The summed E-state index contributed by atoms with van der Waals surface area (Å²) in [5, 5.41) is 0. The lowest BCUT2D eigenvalue weighted by atomic mass is 9.98. The fourth-order valence-electron chi connectivity index (χ4n) is 1.70. The standard InChI is InChI=1S/C11H8F3N/c1-15-10(6-7-10)8-4-2-3-5-9(8)11(12,13)14/h2-5H,6-7H2. The van der Waals surface area contributed by atoms with E-state index in [1.54, 1.807) is 6.07 Å². The van der Waals surface area contributed by atoms with Crippen LogP contribution in [0.2, 0.25) is 0 Å². The molecule has 1 aliphatic rings. The lowest BCUT2D eigenvalue weighted by molar-refractivity contribution is -0.138. The van der Waals surface area contributed by atoms with Gasteiger partial charge in [0.2, 0.25) is 0 Å². The molecule has 0 atom stereocenters. The maximum Gasteiger partial charge on any atom is 0.416 e. The maximum absolute atomic E-state index is 12.6. The number of benzene rings is 1. The van der Waals surface area contributed by atoms with Gasteiger partial charge in [-0.25, -0.2) is 6.57 Å². The van der Waals surface area contributed by atoms with Gasteiger partial charge in [0, 0.05) is 18.4 Å². The van der Waals surface area contributed by atoms with Crippen LogP contribution in [-0.2, 0) is 11.7 Å². The summed E-state index contributed by atoms with van der Waals surface area (Å²) in [4.78, 5) is 3.33. The average molecular weight is 211 g/mol. The van der Waals surface area contributed by atoms with Crippen molar-refractivity contribution in [3.63, 3.8) is 0 Å². The van der Waals surface area contributed by atoms with Crippen LogP contribution in [0.3, 0.4) is 0 Å². The van der Waals surface area contributed by atoms with Crippen LogP contribution < -0.4 is 0 Å². The molecule has 1 saturated carbocycles. The molecular formula is C11H8F3N. The van der Waals surface area contributed by atoms with Crippen LogP contribution in [0.1, 0.15) is 24.0 Å². The zero-order valence-electron chi connectivity index (χ0n) is 7.80. The van der Waals surface area contributed by atoms with Gasteiger partial charge in [0.1, 0.15) is 0 Å². The summed E-state index contributed by atoms with van der Waals surface area (Å²) in [7, 11) is 0. The molecule has 4 heteroatoms. The van der Waals surface area contributed by atoms with Crippen molar-refractivity contribution in [2.45, 2.75) is 24.6 Å². The molecule has 1 nitrogen and oxygen atoms in total. The summed E-state index contributed by atoms with van der Waals surface area (Å²) in [5.41, 5.74) is -1.43. The summed E-state index contributed by atoms with van der Waals surface area (Å²) in [6.07, 6.45) is -3.30. The average Bonchev–Trinajstić information content (AvgIpc) is 2.97. The topological polar surface area (TPSA) is 4.36 Å². The monoisotopic (exact) mass is 211 g/mol. The lowest BCUT2D eigenvalue weighted by Crippen LogP contribution is -2.13. The van der Waals surface area contributed by atoms with Gasteiger partial charge in [-0.3, -0.25) is 0 Å². The van der Waals surface area contributed by atoms with Gasteiger partial charge >= 0.3 is 6.18 Å². The molecule has 1 aromatic carbocycles. The Bertz CT molecular complexity index is 424. The van der Waals surface area contributed by atoms with Crippen LogP contribution >= 0.6 is 0 Å². The van der Waals surface area contributed by atoms with Gasteiger partial charge in [-0.05, 0) is 6.07 Å². The van der Waals surface area contributed by atoms with Crippen molar-refractivity contribution in [1.29, 1.82) is 0 Å². The molecule has 1 aromatic rings. The summed E-state index contributed by atoms with van der Waals surface area (Å²) in [6, 6.07) is 5.36. The van der Waals surface area contributed by atoms with E-state index in [0.717, 1.165) is 6.07 Å². The van der Waals surface area contributed by atoms with E-state index in [0.29, 0.717) is 12.8 Å². The van der Waals surface area contributed by atoms with E-state index in [-0.39, 0.29) is 5.56 Å². The number of rotatable bonds is 1. The molecule has 0 heterocycles. The van der Waals surface area contributed by atoms with Crippen LogP contribution in [0.15, 0.2) is 24.3 Å². The predicted octanol–water partition coefficient (Wildman–Crippen LogP) is 3.61. The van der Waals surface area contributed by atoms with E-state index in [1.807, 2.05) is 0 Å². The van der Waals surface area contributed by atoms with E-state index in [4.69, 9.17) is 6.57 Å². The summed E-state index contributed by atoms with van der Waals surface area (Å²) >= 11 is 0. The van der Waals surface area contributed by atoms with Crippen LogP contribution in [0.25, 0.3) is 4.85 Å². The lowest BCUT2D eigenvalue weighted by Gasteiger charge is -2.12. The van der Waals surface area contributed by atoms with E-state index in [2.05, 4.69) is 4.85 Å². The highest BCUT2D eigenvalue weighted by Crippen LogP contribution is 2.52. The Morgan fingerprint density at radius 1 is 1.20 bits per heavy atom. The van der Waals surface area contributed by atoms with E-state index in [1.165, 1.54) is 12.1 Å². The second-order valence-corrected chi connectivity index (χ2v) is 3.69. The zero-order chi connectivity index (χ0) is 11.1. The minimum atomic E-state index is -4.36. The SMILES string of the molecule is [C-]#[N+]C1(c2ccccc2C(F)(F)F)CC1. The molecule has 1 fully saturated rings. The molecule has 0 aromatic heterocycles. The fraction of sp³-hybridized carbons (Fsp3) is 0.364. The first-order chi connectivity index (χ1) is 6.99. The third kappa shape index (κ3) is 1.58. The van der Waals surface area contributed by atoms with E-state index in [9.17, 15) is 13.2 Å². The van der Waals surface area contributed by atoms with Crippen molar-refractivity contribution in [2.75, 3.05) is 0 Å². The molecule has 0 radical (unpaired) electrons. The van der Waals surface area contributed by atoms with Gasteiger partial charge in [-0.2, -0.15) is 13.2 Å². The minimum absolute atomic E-state index is 0.132. The number of hydrogen-bond donors (Lipinski definition) is 0. The molecule has 0 amide bonds. The first-order valence-electron chi connectivity index (χ1n) is 4.55. The van der Waals surface area contributed by atoms with Crippen LogP contribution in [0.5, 0.6) is 0 Å². The van der Waals surface area contributed by atoms with Gasteiger partial charge in [0.25, 0.3) is 5.54 Å². The Hall–Kier alpha value is -1.50. The normalized spacial score (nSPS) is 18.3. The van der Waals surface area contributed by atoms with Crippen molar-refractivity contribution in [3.8, 4) is 0 Å². The molecule has 15 heavy (non-hydrogen) atoms. The largest absolute Gasteiger partial charge is 0.416 e. The first-order valence-corrected chi connectivity index (χ1v) is 4.55. The van der Waals surface area contributed by atoms with Gasteiger partial charge in [-0.15, -0.1) is 0 Å². The second-order valence-electron chi connectivity index (χ2n) is 3.69. The molecule has 1 aliphatic carbocycles. The maximum atomic E-state index is 12.6. The molecule has 2 rings (SSSR count). The number of hydrogen-bond acceptors (Lipinski definition) is 0. The molecule has 0 saturated heterocycles. The molecule has 78 valence electrons. The first kappa shape index (κ1) is 10.0. The van der Waals surface area contributed by atoms with Gasteiger partial charge in [-0.1, -0.05) is 18.2 Å². The Labute approximate surface area is 85.3 Å². The highest BCUT2D eigenvalue weighted by Gasteiger charge is 2.56. The van der Waals surface area contributed by atoms with E-state index < -0.39 is 17.3 Å². The quantitative estimate of drug-likeness (QED) is 0.625. The number of halogens is 3. The zero-order valence-corrected chi connectivity index (χ0v) is 7.80. The van der Waals surface area contributed by atoms with Crippen LogP contribution in [-0.4, -0.2) is 0 Å². The smallest absolute Gasteiger partial charge is 0.305 e. The highest BCUT2D eigenvalue weighted by atomic mass is 19.4. The summed E-state index contributed by atoms with van der Waals surface area (Å²) < 4.78 is 37.9. The second kappa shape index (κ2) is 2.99. The van der Waals surface area contributed by atoms with Crippen molar-refractivity contribution in [1.82, 2.24) is 0 Å². The fourth-order valence-corrected chi connectivity index (χ4v) is 1.70. The highest BCUT2D eigenvalue weighted by molar-refractivity contribution is 5.42. The molecule has 0 aliphatic heterocycles. The Kier molecular flexibility index (Phi) is 2.00. The molecule has 0 N–H and O–H groups in total. The Balaban J connectivity index is 2.54. The third-order valence-corrected chi connectivity index (χ3v) is 2.67. The molecular weight excluding hydrogens is 203 g/mol. The Morgan fingerprint density at radius 2 is 1.80 bits per heavy atom. The molecule has 0 unspecified atom stereocenters. The van der Waals surface area contributed by atoms with E-state index >= 15 is 0 Å². The van der Waals surface area contributed by atoms with Crippen LogP contribution in [0.4, 0.5) is 13.2 Å².